The highest BCUT2D eigenvalue weighted by atomic mass is 127. The quantitative estimate of drug-likeness (QED) is 0.320. The van der Waals surface area contributed by atoms with Gasteiger partial charge in [-0.1, -0.05) is 19.1 Å². The molecule has 1 aliphatic rings. The Hall–Kier alpha value is -2.14. The van der Waals surface area contributed by atoms with E-state index in [9.17, 15) is 4.79 Å². The molecule has 2 heterocycles. The van der Waals surface area contributed by atoms with Crippen LogP contribution < -0.4 is 10.6 Å². The van der Waals surface area contributed by atoms with Crippen LogP contribution in [0.2, 0.25) is 0 Å². The van der Waals surface area contributed by atoms with Crippen molar-refractivity contribution >= 4 is 41.5 Å². The van der Waals surface area contributed by atoms with Gasteiger partial charge in [0.1, 0.15) is 6.10 Å². The van der Waals surface area contributed by atoms with Crippen LogP contribution in [0.25, 0.3) is 0 Å². The van der Waals surface area contributed by atoms with Crippen molar-refractivity contribution in [3.05, 3.63) is 47.8 Å². The molecule has 0 bridgehead atoms. The first-order valence-corrected chi connectivity index (χ1v) is 10.6. The summed E-state index contributed by atoms with van der Waals surface area (Å²) >= 11 is 0. The highest BCUT2D eigenvalue weighted by molar-refractivity contribution is 14.0. The molecule has 1 amide bonds. The van der Waals surface area contributed by atoms with E-state index in [1.54, 1.807) is 4.68 Å². The number of guanidine groups is 1. The SMILES string of the molecule is CCCC(=O)Nc1ccc(CN=C(NCC)N2CCOC(c3cnn(C)c3)C2)cc1.I. The normalized spacial score (nSPS) is 16.5. The molecule has 2 N–H and O–H groups in total. The molecule has 1 fully saturated rings. The Bertz CT molecular complexity index is 852. The van der Waals surface area contributed by atoms with E-state index in [2.05, 4.69) is 27.6 Å². The minimum atomic E-state index is -0.0117. The lowest BCUT2D eigenvalue weighted by Gasteiger charge is -2.34. The van der Waals surface area contributed by atoms with Gasteiger partial charge in [0, 0.05) is 44.0 Å². The maximum absolute atomic E-state index is 11.7. The average Bonchev–Trinajstić information content (AvgIpc) is 3.19. The smallest absolute Gasteiger partial charge is 0.224 e. The number of nitrogens with one attached hydrogen (secondary N) is 2. The van der Waals surface area contributed by atoms with Gasteiger partial charge in [0.15, 0.2) is 5.96 Å². The third kappa shape index (κ3) is 7.49. The van der Waals surface area contributed by atoms with Gasteiger partial charge in [0.2, 0.25) is 5.91 Å². The maximum atomic E-state index is 11.7. The zero-order valence-corrected chi connectivity index (χ0v) is 20.8. The van der Waals surface area contributed by atoms with Crippen molar-refractivity contribution in [1.29, 1.82) is 0 Å². The van der Waals surface area contributed by atoms with Gasteiger partial charge < -0.3 is 20.3 Å². The van der Waals surface area contributed by atoms with Crippen molar-refractivity contribution in [2.45, 2.75) is 39.3 Å². The number of amides is 1. The predicted molar refractivity (Wildman–Crippen MR) is 134 cm³/mol. The molecule has 1 aromatic carbocycles. The van der Waals surface area contributed by atoms with E-state index >= 15 is 0 Å². The minimum absolute atomic E-state index is 0. The third-order valence-corrected chi connectivity index (χ3v) is 4.92. The summed E-state index contributed by atoms with van der Waals surface area (Å²) in [6.45, 7) is 7.62. The van der Waals surface area contributed by atoms with Gasteiger partial charge in [-0.3, -0.25) is 9.48 Å². The largest absolute Gasteiger partial charge is 0.370 e. The van der Waals surface area contributed by atoms with E-state index in [0.717, 1.165) is 48.8 Å². The lowest BCUT2D eigenvalue weighted by molar-refractivity contribution is -0.116. The zero-order valence-electron chi connectivity index (χ0n) is 18.5. The van der Waals surface area contributed by atoms with Gasteiger partial charge in [-0.05, 0) is 31.0 Å². The summed E-state index contributed by atoms with van der Waals surface area (Å²) in [4.78, 5) is 18.8. The van der Waals surface area contributed by atoms with E-state index in [0.29, 0.717) is 19.6 Å². The van der Waals surface area contributed by atoms with Crippen LogP contribution in [0.5, 0.6) is 0 Å². The summed E-state index contributed by atoms with van der Waals surface area (Å²) in [5, 5.41) is 10.6. The number of carbonyl (C=O) groups is 1. The summed E-state index contributed by atoms with van der Waals surface area (Å²) in [7, 11) is 1.91. The van der Waals surface area contributed by atoms with Crippen LogP contribution >= 0.6 is 24.0 Å². The number of halogens is 1. The Labute approximate surface area is 201 Å². The van der Waals surface area contributed by atoms with Crippen LogP contribution in [0, 0.1) is 0 Å². The highest BCUT2D eigenvalue weighted by Crippen LogP contribution is 2.21. The van der Waals surface area contributed by atoms with Crippen molar-refractivity contribution in [2.24, 2.45) is 12.0 Å². The number of ether oxygens (including phenoxy) is 1. The van der Waals surface area contributed by atoms with E-state index in [4.69, 9.17) is 9.73 Å². The molecular weight excluding hydrogens is 507 g/mol. The molecule has 1 atom stereocenters. The van der Waals surface area contributed by atoms with Crippen LogP contribution in [0.4, 0.5) is 5.69 Å². The lowest BCUT2D eigenvalue weighted by atomic mass is 10.1. The fraction of sp³-hybridized carbons (Fsp3) is 0.500. The number of hydrogen-bond donors (Lipinski definition) is 2. The second-order valence-electron chi connectivity index (χ2n) is 7.42. The molecule has 31 heavy (non-hydrogen) atoms. The summed E-state index contributed by atoms with van der Waals surface area (Å²) < 4.78 is 7.75. The summed E-state index contributed by atoms with van der Waals surface area (Å²) in [6, 6.07) is 7.87. The van der Waals surface area contributed by atoms with Gasteiger partial charge in [-0.15, -0.1) is 24.0 Å². The fourth-order valence-corrected chi connectivity index (χ4v) is 3.39. The maximum Gasteiger partial charge on any atom is 0.224 e. The van der Waals surface area contributed by atoms with Crippen LogP contribution in [-0.2, 0) is 23.1 Å². The molecule has 1 aliphatic heterocycles. The minimum Gasteiger partial charge on any atom is -0.370 e. The standard InChI is InChI=1S/C22H32N6O2.HI/c1-4-6-21(29)26-19-9-7-17(8-10-19)13-24-22(23-5-2)28-11-12-30-20(16-28)18-14-25-27(3)15-18;/h7-10,14-15,20H,4-6,11-13,16H2,1-3H3,(H,23,24)(H,26,29);1H. The van der Waals surface area contributed by atoms with Gasteiger partial charge >= 0.3 is 0 Å². The first-order valence-electron chi connectivity index (χ1n) is 10.6. The Kier molecular flexibility index (Phi) is 10.3. The molecule has 0 aliphatic carbocycles. The van der Waals surface area contributed by atoms with Gasteiger partial charge in [0.05, 0.1) is 25.9 Å². The Morgan fingerprint density at radius 3 is 2.71 bits per heavy atom. The van der Waals surface area contributed by atoms with Gasteiger partial charge in [-0.25, -0.2) is 4.99 Å². The highest BCUT2D eigenvalue weighted by Gasteiger charge is 2.25. The van der Waals surface area contributed by atoms with Crippen molar-refractivity contribution in [3.8, 4) is 0 Å². The third-order valence-electron chi connectivity index (χ3n) is 4.92. The Morgan fingerprint density at radius 2 is 2.06 bits per heavy atom. The van der Waals surface area contributed by atoms with E-state index < -0.39 is 0 Å². The van der Waals surface area contributed by atoms with E-state index in [-0.39, 0.29) is 36.0 Å². The van der Waals surface area contributed by atoms with E-state index in [1.807, 2.05) is 50.6 Å². The second-order valence-corrected chi connectivity index (χ2v) is 7.42. The monoisotopic (exact) mass is 540 g/mol. The molecule has 8 nitrogen and oxygen atoms in total. The molecule has 2 aromatic rings. The number of aromatic nitrogens is 2. The van der Waals surface area contributed by atoms with E-state index in [1.165, 1.54) is 0 Å². The molecule has 0 saturated carbocycles. The topological polar surface area (TPSA) is 83.8 Å². The Balaban J connectivity index is 0.00000341. The van der Waals surface area contributed by atoms with Gasteiger partial charge in [0.25, 0.3) is 0 Å². The zero-order chi connectivity index (χ0) is 21.3. The Morgan fingerprint density at radius 1 is 1.29 bits per heavy atom. The van der Waals surface area contributed by atoms with Crippen molar-refractivity contribution in [1.82, 2.24) is 20.0 Å². The molecule has 9 heteroatoms. The number of rotatable bonds is 7. The number of aliphatic imine (C=N–C) groups is 1. The first kappa shape index (κ1) is 25.1. The second kappa shape index (κ2) is 12.7. The predicted octanol–water partition coefficient (Wildman–Crippen LogP) is 3.32. The average molecular weight is 540 g/mol. The number of carbonyl (C=O) groups excluding carboxylic acids is 1. The number of anilines is 1. The van der Waals surface area contributed by atoms with Crippen LogP contribution in [-0.4, -0.2) is 52.8 Å². The van der Waals surface area contributed by atoms with Crippen molar-refractivity contribution < 1.29 is 9.53 Å². The molecule has 1 saturated heterocycles. The molecule has 1 aromatic heterocycles. The van der Waals surface area contributed by atoms with Gasteiger partial charge in [-0.2, -0.15) is 5.10 Å². The number of aryl methyl sites for hydroxylation is 1. The van der Waals surface area contributed by atoms with Crippen molar-refractivity contribution in [2.75, 3.05) is 31.6 Å². The van der Waals surface area contributed by atoms with Crippen LogP contribution in [0.3, 0.4) is 0 Å². The summed E-state index contributed by atoms with van der Waals surface area (Å²) in [6.07, 6.45) is 5.23. The number of morpholine rings is 1. The summed E-state index contributed by atoms with van der Waals surface area (Å²) in [5.74, 6) is 0.934. The molecule has 3 rings (SSSR count). The molecule has 1 unspecified atom stereocenters. The lowest BCUT2D eigenvalue weighted by Crippen LogP contribution is -2.48. The van der Waals surface area contributed by atoms with Crippen LogP contribution in [0.15, 0.2) is 41.7 Å². The molecule has 0 spiro atoms. The number of hydrogen-bond acceptors (Lipinski definition) is 4. The molecule has 170 valence electrons. The summed E-state index contributed by atoms with van der Waals surface area (Å²) in [5.41, 5.74) is 3.00. The molecular formula is C22H33IN6O2. The number of nitrogens with zero attached hydrogens (tertiary/aromatic N) is 4. The van der Waals surface area contributed by atoms with Crippen molar-refractivity contribution in [3.63, 3.8) is 0 Å². The van der Waals surface area contributed by atoms with Crippen LogP contribution in [0.1, 0.15) is 43.9 Å². The first-order chi connectivity index (χ1) is 14.6. The fourth-order valence-electron chi connectivity index (χ4n) is 3.39. The number of benzene rings is 1. The molecule has 0 radical (unpaired) electrons.